The van der Waals surface area contributed by atoms with E-state index < -0.39 is 35.3 Å². The average Bonchev–Trinajstić information content (AvgIpc) is 2.98. The number of carbonyl (C=O) groups excluding carboxylic acids is 3. The van der Waals surface area contributed by atoms with Gasteiger partial charge in [0.2, 0.25) is 5.91 Å². The number of carbonyl (C=O) groups is 3. The molecule has 1 aromatic carbocycles. The summed E-state index contributed by atoms with van der Waals surface area (Å²) in [5.74, 6) is -2.64. The first-order valence-corrected chi connectivity index (χ1v) is 8.88. The molecule has 2 aliphatic rings. The highest BCUT2D eigenvalue weighted by Gasteiger charge is 2.66. The highest BCUT2D eigenvalue weighted by atomic mass is 35.5. The summed E-state index contributed by atoms with van der Waals surface area (Å²) in [6, 6.07) is 6.75. The smallest absolute Gasteiger partial charge is 0.329 e. The van der Waals surface area contributed by atoms with E-state index in [0.717, 1.165) is 0 Å². The maximum atomic E-state index is 12.9. The van der Waals surface area contributed by atoms with Crippen LogP contribution in [-0.2, 0) is 19.1 Å². The van der Waals surface area contributed by atoms with Crippen LogP contribution in [-0.4, -0.2) is 41.8 Å². The topological polar surface area (TPSA) is 113 Å². The van der Waals surface area contributed by atoms with E-state index in [4.69, 9.17) is 22.1 Å². The molecule has 3 rings (SSSR count). The lowest BCUT2D eigenvalue weighted by Gasteiger charge is -2.32. The maximum Gasteiger partial charge on any atom is 0.329 e. The third-order valence-corrected chi connectivity index (χ3v) is 5.55. The zero-order chi connectivity index (χ0) is 20.6. The second kappa shape index (κ2) is 7.13. The summed E-state index contributed by atoms with van der Waals surface area (Å²) in [5.41, 5.74) is 4.84. The van der Waals surface area contributed by atoms with Crippen molar-refractivity contribution in [3.05, 3.63) is 58.8 Å². The van der Waals surface area contributed by atoms with Gasteiger partial charge in [-0.25, -0.2) is 0 Å². The number of primary amides is 1. The molecule has 8 heteroatoms. The third-order valence-electron chi connectivity index (χ3n) is 5.30. The predicted molar refractivity (Wildman–Crippen MR) is 101 cm³/mol. The Morgan fingerprint density at radius 2 is 1.93 bits per heavy atom. The highest BCUT2D eigenvalue weighted by molar-refractivity contribution is 6.30. The van der Waals surface area contributed by atoms with Gasteiger partial charge in [0.05, 0.1) is 19.2 Å². The molecular weight excluding hydrogens is 382 g/mol. The van der Waals surface area contributed by atoms with Gasteiger partial charge < -0.3 is 15.4 Å². The van der Waals surface area contributed by atoms with Gasteiger partial charge >= 0.3 is 5.97 Å². The quantitative estimate of drug-likeness (QED) is 0.770. The van der Waals surface area contributed by atoms with Crippen molar-refractivity contribution in [2.75, 3.05) is 7.11 Å². The zero-order valence-corrected chi connectivity index (χ0v) is 16.0. The van der Waals surface area contributed by atoms with E-state index in [0.29, 0.717) is 16.2 Å². The summed E-state index contributed by atoms with van der Waals surface area (Å²) >= 11 is 5.97. The fourth-order valence-electron chi connectivity index (χ4n) is 4.06. The summed E-state index contributed by atoms with van der Waals surface area (Å²) in [6.07, 6.45) is 4.59. The molecule has 7 nitrogen and oxygen atoms in total. The molecule has 4 atom stereocenters. The lowest BCUT2D eigenvalue weighted by molar-refractivity contribution is -0.150. The number of ketones is 1. The number of methoxy groups -OCH3 is 1. The number of rotatable bonds is 4. The Balaban J connectivity index is 2.29. The first kappa shape index (κ1) is 19.6. The van der Waals surface area contributed by atoms with Crippen molar-refractivity contribution in [2.24, 2.45) is 11.1 Å². The molecule has 0 aliphatic carbocycles. The normalized spacial score (nSPS) is 28.1. The maximum absolute atomic E-state index is 12.9. The highest BCUT2D eigenvalue weighted by Crippen LogP contribution is 2.53. The van der Waals surface area contributed by atoms with Crippen LogP contribution < -0.4 is 5.73 Å². The van der Waals surface area contributed by atoms with Crippen molar-refractivity contribution < 1.29 is 19.1 Å². The number of fused-ring (bicyclic) bond motifs is 1. The van der Waals surface area contributed by atoms with E-state index in [1.165, 1.54) is 25.1 Å². The molecule has 28 heavy (non-hydrogen) atoms. The Hall–Kier alpha value is -3.11. The molecule has 2 N–H and O–H groups in total. The van der Waals surface area contributed by atoms with Crippen molar-refractivity contribution >= 4 is 29.3 Å². The molecule has 1 saturated heterocycles. The van der Waals surface area contributed by atoms with Crippen LogP contribution in [0.15, 0.2) is 48.2 Å². The van der Waals surface area contributed by atoms with Crippen LogP contribution in [0.25, 0.3) is 0 Å². The molecule has 2 heterocycles. The van der Waals surface area contributed by atoms with E-state index in [-0.39, 0.29) is 5.78 Å². The Morgan fingerprint density at radius 3 is 2.43 bits per heavy atom. The van der Waals surface area contributed by atoms with Gasteiger partial charge in [0, 0.05) is 22.7 Å². The van der Waals surface area contributed by atoms with Crippen LogP contribution in [0.3, 0.4) is 0 Å². The fourth-order valence-corrected chi connectivity index (χ4v) is 4.18. The molecule has 1 amide bonds. The largest absolute Gasteiger partial charge is 0.468 e. The van der Waals surface area contributed by atoms with Crippen molar-refractivity contribution in [2.45, 2.75) is 24.9 Å². The van der Waals surface area contributed by atoms with Gasteiger partial charge in [0.15, 0.2) is 11.2 Å². The van der Waals surface area contributed by atoms with Crippen molar-refractivity contribution in [1.82, 2.24) is 4.90 Å². The third kappa shape index (κ3) is 2.77. The number of hydrogen-bond acceptors (Lipinski definition) is 6. The molecule has 0 saturated carbocycles. The number of allylic oxidation sites excluding steroid dienone is 2. The number of amides is 1. The second-order valence-electron chi connectivity index (χ2n) is 6.74. The molecular formula is C20H18ClN3O4. The molecule has 144 valence electrons. The monoisotopic (exact) mass is 399 g/mol. The van der Waals surface area contributed by atoms with Crippen LogP contribution in [0, 0.1) is 16.7 Å². The molecule has 0 unspecified atom stereocenters. The van der Waals surface area contributed by atoms with E-state index in [2.05, 4.69) is 6.07 Å². The first-order chi connectivity index (χ1) is 13.3. The molecule has 0 spiro atoms. The van der Waals surface area contributed by atoms with Crippen LogP contribution in [0.1, 0.15) is 18.4 Å². The fraction of sp³-hybridized carbons (Fsp3) is 0.300. The number of benzene rings is 1. The van der Waals surface area contributed by atoms with Gasteiger partial charge in [-0.3, -0.25) is 14.4 Å². The average molecular weight is 400 g/mol. The predicted octanol–water partition coefficient (Wildman–Crippen LogP) is 1.69. The Bertz CT molecular complexity index is 947. The summed E-state index contributed by atoms with van der Waals surface area (Å²) in [7, 11) is 1.19. The van der Waals surface area contributed by atoms with E-state index >= 15 is 0 Å². The van der Waals surface area contributed by atoms with Crippen LogP contribution in [0.5, 0.6) is 0 Å². The molecule has 2 aliphatic heterocycles. The standard InChI is InChI=1S/C20H18ClN3O4/c1-11(25)13-5-8-15-20(10-22,19(27)28-2)16(12-3-6-14(21)7-4-12)17(18(23)26)24(15)9-13/h3-9,15-17H,1-2H3,(H2,23,26)/t15-,16-,17-,20-/m1/s1. The lowest BCUT2D eigenvalue weighted by atomic mass is 9.68. The summed E-state index contributed by atoms with van der Waals surface area (Å²) in [4.78, 5) is 38.7. The minimum absolute atomic E-state index is 0.214. The number of halogens is 1. The van der Waals surface area contributed by atoms with Crippen molar-refractivity contribution in [1.29, 1.82) is 5.26 Å². The Morgan fingerprint density at radius 1 is 1.29 bits per heavy atom. The number of hydrogen-bond donors (Lipinski definition) is 1. The Kier molecular flexibility index (Phi) is 5.01. The van der Waals surface area contributed by atoms with Gasteiger partial charge in [0.25, 0.3) is 0 Å². The summed E-state index contributed by atoms with van der Waals surface area (Å²) < 4.78 is 4.97. The second-order valence-corrected chi connectivity index (χ2v) is 7.18. The van der Waals surface area contributed by atoms with Gasteiger partial charge in [-0.2, -0.15) is 5.26 Å². The number of esters is 1. The molecule has 0 bridgehead atoms. The molecule has 1 fully saturated rings. The van der Waals surface area contributed by atoms with Crippen LogP contribution >= 0.6 is 11.6 Å². The molecule has 0 radical (unpaired) electrons. The molecule has 1 aromatic rings. The first-order valence-electron chi connectivity index (χ1n) is 8.50. The van der Waals surface area contributed by atoms with Gasteiger partial charge in [-0.05, 0) is 24.6 Å². The minimum Gasteiger partial charge on any atom is -0.468 e. The number of nitriles is 1. The van der Waals surface area contributed by atoms with Gasteiger partial charge in [-0.15, -0.1) is 0 Å². The number of Topliss-reactive ketones (excluding diaryl/α,β-unsaturated/α-hetero) is 1. The van der Waals surface area contributed by atoms with Crippen molar-refractivity contribution in [3.8, 4) is 6.07 Å². The van der Waals surface area contributed by atoms with E-state index in [9.17, 15) is 19.6 Å². The number of ether oxygens (including phenoxy) is 1. The zero-order valence-electron chi connectivity index (χ0n) is 15.3. The van der Waals surface area contributed by atoms with Crippen molar-refractivity contribution in [3.63, 3.8) is 0 Å². The van der Waals surface area contributed by atoms with Gasteiger partial charge in [-0.1, -0.05) is 35.9 Å². The minimum atomic E-state index is -1.74. The number of nitrogens with zero attached hydrogens (tertiary/aromatic N) is 2. The molecule has 0 aromatic heterocycles. The summed E-state index contributed by atoms with van der Waals surface area (Å²) in [5, 5.41) is 10.6. The SMILES string of the molecule is COC(=O)[C@@]1(C#N)[C@H](c2ccc(Cl)cc2)[C@H](C(N)=O)N2C=C(C(C)=O)C=C[C@@H]21. The van der Waals surface area contributed by atoms with E-state index in [1.807, 2.05) is 0 Å². The number of nitrogens with two attached hydrogens (primary N) is 1. The van der Waals surface area contributed by atoms with Gasteiger partial charge in [0.1, 0.15) is 6.04 Å². The van der Waals surface area contributed by atoms with Crippen LogP contribution in [0.4, 0.5) is 0 Å². The Labute approximate surface area is 167 Å². The summed E-state index contributed by atoms with van der Waals surface area (Å²) in [6.45, 7) is 1.39. The lowest BCUT2D eigenvalue weighted by Crippen LogP contribution is -2.45. The van der Waals surface area contributed by atoms with E-state index in [1.54, 1.807) is 36.4 Å². The van der Waals surface area contributed by atoms with Crippen LogP contribution in [0.2, 0.25) is 5.02 Å².